The van der Waals surface area contributed by atoms with Crippen LogP contribution in [0.25, 0.3) is 0 Å². The summed E-state index contributed by atoms with van der Waals surface area (Å²) in [5, 5.41) is 3.43. The first-order chi connectivity index (χ1) is 8.65. The summed E-state index contributed by atoms with van der Waals surface area (Å²) in [5.74, 6) is 2.43. The molecule has 3 heteroatoms. The molecule has 2 saturated carbocycles. The van der Waals surface area contributed by atoms with E-state index >= 15 is 0 Å². The predicted molar refractivity (Wildman–Crippen MR) is 73.0 cm³/mol. The van der Waals surface area contributed by atoms with Gasteiger partial charge in [0.05, 0.1) is 11.4 Å². The first-order valence-electron chi connectivity index (χ1n) is 6.94. The maximum absolute atomic E-state index is 13.3. The van der Waals surface area contributed by atoms with Crippen LogP contribution in [0.2, 0.25) is 0 Å². The summed E-state index contributed by atoms with van der Waals surface area (Å²) in [7, 11) is 0. The predicted octanol–water partition coefficient (Wildman–Crippen LogP) is 3.56. The van der Waals surface area contributed by atoms with Crippen LogP contribution < -0.4 is 11.1 Å². The molecular formula is C15H21FN2. The van der Waals surface area contributed by atoms with E-state index in [0.29, 0.717) is 11.3 Å². The van der Waals surface area contributed by atoms with Crippen LogP contribution in [0.4, 0.5) is 15.8 Å². The Morgan fingerprint density at radius 2 is 1.89 bits per heavy atom. The molecule has 0 radical (unpaired) electrons. The number of anilines is 2. The highest BCUT2D eigenvalue weighted by atomic mass is 19.1. The summed E-state index contributed by atoms with van der Waals surface area (Å²) in [4.78, 5) is 0. The number of rotatable bonds is 5. The summed E-state index contributed by atoms with van der Waals surface area (Å²) in [5.41, 5.74) is 7.92. The summed E-state index contributed by atoms with van der Waals surface area (Å²) >= 11 is 0. The maximum atomic E-state index is 13.3. The Labute approximate surface area is 108 Å². The molecule has 0 bridgehead atoms. The molecule has 3 rings (SSSR count). The second-order valence-electron chi connectivity index (χ2n) is 5.91. The number of benzene rings is 1. The average Bonchev–Trinajstić information content (AvgIpc) is 3.17. The molecule has 3 N–H and O–H groups in total. The van der Waals surface area contributed by atoms with Crippen LogP contribution in [0.1, 0.15) is 31.2 Å². The van der Waals surface area contributed by atoms with E-state index in [1.165, 1.54) is 31.7 Å². The van der Waals surface area contributed by atoms with E-state index < -0.39 is 0 Å². The zero-order valence-electron chi connectivity index (χ0n) is 10.9. The average molecular weight is 248 g/mol. The third kappa shape index (κ3) is 2.45. The molecule has 0 unspecified atom stereocenters. The van der Waals surface area contributed by atoms with Gasteiger partial charge in [-0.2, -0.15) is 0 Å². The zero-order valence-corrected chi connectivity index (χ0v) is 10.9. The van der Waals surface area contributed by atoms with Crippen LogP contribution in [-0.4, -0.2) is 6.54 Å². The van der Waals surface area contributed by atoms with E-state index in [4.69, 9.17) is 5.73 Å². The number of hydrogen-bond acceptors (Lipinski definition) is 2. The van der Waals surface area contributed by atoms with Gasteiger partial charge in [0.25, 0.3) is 0 Å². The molecular weight excluding hydrogens is 227 g/mol. The van der Waals surface area contributed by atoms with Crippen molar-refractivity contribution in [1.29, 1.82) is 0 Å². The molecule has 0 spiro atoms. The van der Waals surface area contributed by atoms with Crippen LogP contribution in [0.15, 0.2) is 12.1 Å². The van der Waals surface area contributed by atoms with Gasteiger partial charge in [0.2, 0.25) is 0 Å². The molecule has 2 aliphatic rings. The van der Waals surface area contributed by atoms with Gasteiger partial charge in [0, 0.05) is 6.54 Å². The minimum Gasteiger partial charge on any atom is -0.397 e. The Morgan fingerprint density at radius 3 is 2.44 bits per heavy atom. The molecule has 98 valence electrons. The van der Waals surface area contributed by atoms with Gasteiger partial charge in [-0.15, -0.1) is 0 Å². The van der Waals surface area contributed by atoms with Crippen LogP contribution in [-0.2, 0) is 0 Å². The molecule has 1 aromatic carbocycles. The van der Waals surface area contributed by atoms with Crippen LogP contribution >= 0.6 is 0 Å². The van der Waals surface area contributed by atoms with Gasteiger partial charge in [-0.25, -0.2) is 4.39 Å². The number of hydrogen-bond donors (Lipinski definition) is 2. The number of aryl methyl sites for hydroxylation is 1. The number of halogens is 1. The summed E-state index contributed by atoms with van der Waals surface area (Å²) < 4.78 is 13.3. The molecule has 0 aromatic heterocycles. The van der Waals surface area contributed by atoms with Crippen molar-refractivity contribution in [2.75, 3.05) is 17.6 Å². The first-order valence-corrected chi connectivity index (χ1v) is 6.94. The Kier molecular flexibility index (Phi) is 2.92. The maximum Gasteiger partial charge on any atom is 0.128 e. The molecule has 2 nitrogen and oxygen atoms in total. The van der Waals surface area contributed by atoms with Gasteiger partial charge >= 0.3 is 0 Å². The molecule has 18 heavy (non-hydrogen) atoms. The lowest BCUT2D eigenvalue weighted by Crippen LogP contribution is -2.19. The fourth-order valence-electron chi connectivity index (χ4n) is 2.84. The van der Waals surface area contributed by atoms with Gasteiger partial charge in [-0.3, -0.25) is 0 Å². The van der Waals surface area contributed by atoms with E-state index in [9.17, 15) is 4.39 Å². The topological polar surface area (TPSA) is 38.0 Å². The lowest BCUT2D eigenvalue weighted by atomic mass is 9.98. The quantitative estimate of drug-likeness (QED) is 0.782. The summed E-state index contributed by atoms with van der Waals surface area (Å²) in [6, 6.07) is 3.24. The third-order valence-electron chi connectivity index (χ3n) is 4.31. The van der Waals surface area contributed by atoms with Crippen molar-refractivity contribution in [3.63, 3.8) is 0 Å². The van der Waals surface area contributed by atoms with E-state index in [-0.39, 0.29) is 5.82 Å². The molecule has 0 amide bonds. The Bertz CT molecular complexity index is 438. The molecule has 0 atom stereocenters. The van der Waals surface area contributed by atoms with Crippen LogP contribution in [0, 0.1) is 30.5 Å². The first kappa shape index (κ1) is 11.8. The van der Waals surface area contributed by atoms with E-state index in [1.807, 2.05) is 6.07 Å². The Morgan fingerprint density at radius 1 is 1.28 bits per heavy atom. The molecule has 0 heterocycles. The SMILES string of the molecule is Cc1cc(NCC(C2CC2)C2CC2)c(N)cc1F. The standard InChI is InChI=1S/C15H21FN2/c1-9-6-15(14(17)7-13(9)16)18-8-12(10-2-3-10)11-4-5-11/h6-7,10-12,18H,2-5,8,17H2,1H3. The van der Waals surface area contributed by atoms with Gasteiger partial charge in [-0.05, 0) is 68.1 Å². The van der Waals surface area contributed by atoms with Crippen molar-refractivity contribution in [3.05, 3.63) is 23.5 Å². The normalized spacial score (nSPS) is 19.3. The van der Waals surface area contributed by atoms with E-state index in [2.05, 4.69) is 5.32 Å². The molecule has 2 fully saturated rings. The second kappa shape index (κ2) is 4.45. The fraction of sp³-hybridized carbons (Fsp3) is 0.600. The van der Waals surface area contributed by atoms with Crippen molar-refractivity contribution in [3.8, 4) is 0 Å². The molecule has 2 aliphatic carbocycles. The van der Waals surface area contributed by atoms with Gasteiger partial charge < -0.3 is 11.1 Å². The summed E-state index contributed by atoms with van der Waals surface area (Å²) in [6.45, 7) is 2.77. The van der Waals surface area contributed by atoms with E-state index in [0.717, 1.165) is 30.0 Å². The minimum atomic E-state index is -0.223. The lowest BCUT2D eigenvalue weighted by molar-refractivity contribution is 0.428. The van der Waals surface area contributed by atoms with E-state index in [1.54, 1.807) is 6.92 Å². The van der Waals surface area contributed by atoms with Crippen LogP contribution in [0.5, 0.6) is 0 Å². The van der Waals surface area contributed by atoms with Crippen molar-refractivity contribution >= 4 is 11.4 Å². The van der Waals surface area contributed by atoms with Gasteiger partial charge in [0.1, 0.15) is 5.82 Å². The van der Waals surface area contributed by atoms with Crippen LogP contribution in [0.3, 0.4) is 0 Å². The molecule has 1 aromatic rings. The van der Waals surface area contributed by atoms with Crippen molar-refractivity contribution in [2.45, 2.75) is 32.6 Å². The van der Waals surface area contributed by atoms with Crippen molar-refractivity contribution in [1.82, 2.24) is 0 Å². The summed E-state index contributed by atoms with van der Waals surface area (Å²) in [6.07, 6.45) is 5.56. The Hall–Kier alpha value is -1.25. The highest BCUT2D eigenvalue weighted by molar-refractivity contribution is 5.67. The largest absolute Gasteiger partial charge is 0.397 e. The molecule has 0 aliphatic heterocycles. The second-order valence-corrected chi connectivity index (χ2v) is 5.91. The number of nitrogen functional groups attached to an aromatic ring is 1. The number of nitrogens with two attached hydrogens (primary N) is 1. The zero-order chi connectivity index (χ0) is 12.7. The highest BCUT2D eigenvalue weighted by Crippen LogP contribution is 2.49. The fourth-order valence-corrected chi connectivity index (χ4v) is 2.84. The van der Waals surface area contributed by atoms with Gasteiger partial charge in [-0.1, -0.05) is 0 Å². The highest BCUT2D eigenvalue weighted by Gasteiger charge is 2.41. The lowest BCUT2D eigenvalue weighted by Gasteiger charge is -2.18. The Balaban J connectivity index is 1.66. The monoisotopic (exact) mass is 248 g/mol. The molecule has 0 saturated heterocycles. The number of nitrogens with one attached hydrogen (secondary N) is 1. The van der Waals surface area contributed by atoms with Crippen molar-refractivity contribution < 1.29 is 4.39 Å². The third-order valence-corrected chi connectivity index (χ3v) is 4.31. The van der Waals surface area contributed by atoms with Gasteiger partial charge in [0.15, 0.2) is 0 Å². The minimum absolute atomic E-state index is 0.223. The van der Waals surface area contributed by atoms with Crippen molar-refractivity contribution in [2.24, 2.45) is 17.8 Å². The smallest absolute Gasteiger partial charge is 0.128 e.